The Balaban J connectivity index is 0.00000176. The fourth-order valence-electron chi connectivity index (χ4n) is 2.59. The third-order valence-electron chi connectivity index (χ3n) is 3.59. The minimum absolute atomic E-state index is 0. The van der Waals surface area contributed by atoms with Crippen LogP contribution in [0.4, 0.5) is 5.82 Å². The van der Waals surface area contributed by atoms with Gasteiger partial charge in [0.25, 0.3) is 0 Å². The Morgan fingerprint density at radius 2 is 2.18 bits per heavy atom. The summed E-state index contributed by atoms with van der Waals surface area (Å²) in [5, 5.41) is 13.0. The molecule has 0 radical (unpaired) electrons. The maximum Gasteiger partial charge on any atom is 0.237 e. The molecule has 0 saturated heterocycles. The van der Waals surface area contributed by atoms with Crippen LogP contribution in [0.15, 0.2) is 5.16 Å². The van der Waals surface area contributed by atoms with Gasteiger partial charge in [0.05, 0.1) is 24.2 Å². The van der Waals surface area contributed by atoms with E-state index >= 15 is 0 Å². The van der Waals surface area contributed by atoms with Crippen molar-refractivity contribution in [1.82, 2.24) is 9.97 Å². The van der Waals surface area contributed by atoms with Gasteiger partial charge in [-0.3, -0.25) is 5.32 Å². The third kappa shape index (κ3) is 3.39. The Hall–Kier alpha value is -0.440. The summed E-state index contributed by atoms with van der Waals surface area (Å²) in [7, 11) is 0. The molecule has 0 aliphatic carbocycles. The van der Waals surface area contributed by atoms with E-state index in [0.29, 0.717) is 13.2 Å². The van der Waals surface area contributed by atoms with Gasteiger partial charge < -0.3 is 22.3 Å². The van der Waals surface area contributed by atoms with Gasteiger partial charge >= 0.3 is 0 Å². The van der Waals surface area contributed by atoms with Crippen molar-refractivity contribution in [3.05, 3.63) is 10.4 Å². The molecule has 8 heteroatoms. The van der Waals surface area contributed by atoms with Crippen LogP contribution in [0.1, 0.15) is 24.3 Å². The Morgan fingerprint density at radius 1 is 1.41 bits per heavy atom. The molecule has 3 rings (SSSR count). The number of nitrogens with two attached hydrogens (primary N) is 1. The summed E-state index contributed by atoms with van der Waals surface area (Å²) in [5.74, 6) is 0.952. The minimum Gasteiger partial charge on any atom is -1.00 e. The fraction of sp³-hybridized carbons (Fsp3) is 0.571. The molecule has 3 N–H and O–H groups in total. The number of nitrogens with zero attached hydrogens (tertiary/aromatic N) is 2. The number of rotatable bonds is 4. The van der Waals surface area contributed by atoms with Gasteiger partial charge in [0.15, 0.2) is 5.16 Å². The number of ether oxygens (including phenoxy) is 1. The smallest absolute Gasteiger partial charge is 0.237 e. The zero-order chi connectivity index (χ0) is 15.0. The second kappa shape index (κ2) is 6.98. The lowest BCUT2D eigenvalue weighted by molar-refractivity contribution is -0.575. The molecule has 22 heavy (non-hydrogen) atoms. The number of hydrogen-bond donors (Lipinski definition) is 2. The van der Waals surface area contributed by atoms with E-state index in [9.17, 15) is 0 Å². The number of thiophene rings is 1. The molecule has 0 fully saturated rings. The number of aliphatic hydroxyl groups excluding tert-OH is 1. The topological polar surface area (TPSA) is 71.9 Å². The van der Waals surface area contributed by atoms with E-state index in [-0.39, 0.29) is 24.6 Å². The maximum atomic E-state index is 9.10. The van der Waals surface area contributed by atoms with Crippen LogP contribution in [0.5, 0.6) is 0 Å². The van der Waals surface area contributed by atoms with Gasteiger partial charge in [-0.05, 0) is 25.7 Å². The molecule has 1 aliphatic rings. The molecule has 5 nitrogen and oxygen atoms in total. The molecular formula is C14H20ClN3O2S2. The van der Waals surface area contributed by atoms with Crippen LogP contribution in [0.25, 0.3) is 10.2 Å². The first-order valence-corrected chi connectivity index (χ1v) is 9.02. The molecule has 122 valence electrons. The lowest BCUT2D eigenvalue weighted by Gasteiger charge is -2.30. The van der Waals surface area contributed by atoms with Crippen molar-refractivity contribution in [2.75, 3.05) is 19.4 Å². The summed E-state index contributed by atoms with van der Waals surface area (Å²) >= 11 is 3.25. The molecule has 0 spiro atoms. The van der Waals surface area contributed by atoms with Crippen molar-refractivity contribution >= 4 is 39.1 Å². The Bertz CT molecular complexity index is 676. The van der Waals surface area contributed by atoms with Gasteiger partial charge in [0.2, 0.25) is 5.82 Å². The van der Waals surface area contributed by atoms with Gasteiger partial charge in [-0.15, -0.1) is 11.3 Å². The molecular weight excluding hydrogens is 342 g/mol. The van der Waals surface area contributed by atoms with Crippen LogP contribution < -0.4 is 17.7 Å². The zero-order valence-electron chi connectivity index (χ0n) is 12.9. The number of quaternary nitrogens is 1. The average molecular weight is 362 g/mol. The highest BCUT2D eigenvalue weighted by Gasteiger charge is 2.31. The summed E-state index contributed by atoms with van der Waals surface area (Å²) in [6.45, 7) is 5.64. The molecule has 2 aromatic heterocycles. The van der Waals surface area contributed by atoms with E-state index in [1.165, 1.54) is 10.4 Å². The molecule has 0 atom stereocenters. The minimum atomic E-state index is -0.145. The molecule has 0 amide bonds. The number of thioether (sulfide) groups is 1. The maximum absolute atomic E-state index is 9.10. The zero-order valence-corrected chi connectivity index (χ0v) is 15.2. The number of aromatic nitrogens is 2. The molecule has 0 unspecified atom stereocenters. The normalized spacial score (nSPS) is 16.4. The number of hydrogen-bond acceptors (Lipinski definition) is 6. The van der Waals surface area contributed by atoms with Gasteiger partial charge in [0.1, 0.15) is 11.4 Å². The first-order chi connectivity index (χ1) is 10.0. The summed E-state index contributed by atoms with van der Waals surface area (Å²) in [4.78, 5) is 11.6. The quantitative estimate of drug-likeness (QED) is 0.510. The first-order valence-electron chi connectivity index (χ1n) is 6.98. The van der Waals surface area contributed by atoms with Crippen molar-refractivity contribution in [2.45, 2.75) is 37.6 Å². The van der Waals surface area contributed by atoms with Gasteiger partial charge in [-0.2, -0.15) is 4.98 Å². The van der Waals surface area contributed by atoms with Gasteiger partial charge in [-0.1, -0.05) is 11.8 Å². The number of halogens is 1. The van der Waals surface area contributed by atoms with Crippen LogP contribution in [-0.4, -0.2) is 40.1 Å². The predicted molar refractivity (Wildman–Crippen MR) is 85.3 cm³/mol. The third-order valence-corrected chi connectivity index (χ3v) is 5.23. The van der Waals surface area contributed by atoms with Gasteiger partial charge in [0, 0.05) is 11.3 Å². The highest BCUT2D eigenvalue weighted by atomic mass is 35.5. The molecule has 2 aromatic rings. The van der Waals surface area contributed by atoms with Crippen molar-refractivity contribution in [3.63, 3.8) is 0 Å². The summed E-state index contributed by atoms with van der Waals surface area (Å²) in [6.07, 6.45) is 2.86. The molecule has 0 aromatic carbocycles. The largest absolute Gasteiger partial charge is 1.00 e. The van der Waals surface area contributed by atoms with Crippen LogP contribution in [0.3, 0.4) is 0 Å². The van der Waals surface area contributed by atoms with E-state index < -0.39 is 0 Å². The molecule has 3 heterocycles. The second-order valence-electron chi connectivity index (χ2n) is 5.72. The number of fused-ring (bicyclic) bond motifs is 3. The Labute approximate surface area is 144 Å². The number of aliphatic hydroxyl groups is 1. The van der Waals surface area contributed by atoms with Crippen molar-refractivity contribution in [2.24, 2.45) is 0 Å². The molecule has 0 saturated carbocycles. The average Bonchev–Trinajstić information content (AvgIpc) is 2.81. The second-order valence-corrected chi connectivity index (χ2v) is 7.58. The Morgan fingerprint density at radius 3 is 2.86 bits per heavy atom. The van der Waals surface area contributed by atoms with Crippen molar-refractivity contribution in [1.29, 1.82) is 0 Å². The summed E-state index contributed by atoms with van der Waals surface area (Å²) in [6, 6.07) is 0. The van der Waals surface area contributed by atoms with E-state index in [0.717, 1.165) is 27.6 Å². The predicted octanol–water partition coefficient (Wildman–Crippen LogP) is -1.54. The van der Waals surface area contributed by atoms with Gasteiger partial charge in [-0.25, -0.2) is 4.98 Å². The van der Waals surface area contributed by atoms with Crippen LogP contribution >= 0.6 is 23.1 Å². The van der Waals surface area contributed by atoms with Crippen molar-refractivity contribution < 1.29 is 27.6 Å². The molecule has 1 aliphatic heterocycles. The van der Waals surface area contributed by atoms with Crippen LogP contribution in [0, 0.1) is 0 Å². The molecule has 0 bridgehead atoms. The highest BCUT2D eigenvalue weighted by Crippen LogP contribution is 2.40. The fourth-order valence-corrected chi connectivity index (χ4v) is 4.13. The van der Waals surface area contributed by atoms with Crippen LogP contribution in [-0.2, 0) is 17.8 Å². The first kappa shape index (κ1) is 17.9. The van der Waals surface area contributed by atoms with E-state index in [2.05, 4.69) is 23.8 Å². The van der Waals surface area contributed by atoms with E-state index in [1.54, 1.807) is 23.1 Å². The van der Waals surface area contributed by atoms with Crippen molar-refractivity contribution in [3.8, 4) is 0 Å². The summed E-state index contributed by atoms with van der Waals surface area (Å²) < 4.78 is 5.91. The van der Waals surface area contributed by atoms with Crippen LogP contribution in [0.2, 0.25) is 0 Å². The highest BCUT2D eigenvalue weighted by molar-refractivity contribution is 7.98. The van der Waals surface area contributed by atoms with E-state index in [1.807, 2.05) is 11.6 Å². The van der Waals surface area contributed by atoms with E-state index in [4.69, 9.17) is 9.84 Å². The lowest BCUT2D eigenvalue weighted by atomic mass is 9.94. The lowest BCUT2D eigenvalue weighted by Crippen LogP contribution is -3.00. The summed E-state index contributed by atoms with van der Waals surface area (Å²) in [5.41, 5.74) is 1.18. The SMILES string of the molecule is CSc1nc([NH2+]CCO)c2c3c(sc2n1)COC(C)(C)C3.[Cl-]. The standard InChI is InChI=1S/C14H19N3O2S2.ClH/c1-14(2)6-8-9(7-19-14)21-12-10(8)11(15-4-5-18)16-13(17-12)20-3;/h18H,4-7H2,1-3H3,(H,15,16,17);1H. The monoisotopic (exact) mass is 361 g/mol. The Kier molecular flexibility index (Phi) is 5.68.